The average Bonchev–Trinajstić information content (AvgIpc) is 2.84. The van der Waals surface area contributed by atoms with Gasteiger partial charge in [0.1, 0.15) is 17.1 Å². The predicted octanol–water partition coefficient (Wildman–Crippen LogP) is 4.33. The molecule has 1 heterocycles. The van der Waals surface area contributed by atoms with Gasteiger partial charge in [-0.1, -0.05) is 19.3 Å². The van der Waals surface area contributed by atoms with Crippen LogP contribution < -0.4 is 10.5 Å². The summed E-state index contributed by atoms with van der Waals surface area (Å²) in [7, 11) is 1.69. The van der Waals surface area contributed by atoms with Crippen molar-refractivity contribution in [2.45, 2.75) is 45.1 Å². The monoisotopic (exact) mass is 273 g/mol. The highest BCUT2D eigenvalue weighted by atomic mass is 16.5. The molecule has 0 radical (unpaired) electrons. The smallest absolute Gasteiger partial charge is 0.134 e. The summed E-state index contributed by atoms with van der Waals surface area (Å²) in [5, 5.41) is 1.12. The summed E-state index contributed by atoms with van der Waals surface area (Å²) >= 11 is 0. The number of benzene rings is 1. The minimum absolute atomic E-state index is 0.0219. The van der Waals surface area contributed by atoms with Crippen LogP contribution in [0.5, 0.6) is 5.75 Å². The summed E-state index contributed by atoms with van der Waals surface area (Å²) in [4.78, 5) is 0. The van der Waals surface area contributed by atoms with Gasteiger partial charge in [0.2, 0.25) is 0 Å². The zero-order valence-electron chi connectivity index (χ0n) is 12.3. The Kier molecular flexibility index (Phi) is 3.70. The molecule has 3 rings (SSSR count). The van der Waals surface area contributed by atoms with Crippen molar-refractivity contribution in [1.29, 1.82) is 0 Å². The fraction of sp³-hybridized carbons (Fsp3) is 0.529. The summed E-state index contributed by atoms with van der Waals surface area (Å²) in [6.07, 6.45) is 6.39. The van der Waals surface area contributed by atoms with Crippen LogP contribution in [0.2, 0.25) is 0 Å². The van der Waals surface area contributed by atoms with E-state index in [2.05, 4.69) is 6.92 Å². The Hall–Kier alpha value is -1.48. The maximum atomic E-state index is 6.48. The Morgan fingerprint density at radius 2 is 2.00 bits per heavy atom. The van der Waals surface area contributed by atoms with Gasteiger partial charge in [-0.05, 0) is 43.9 Å². The molecule has 1 unspecified atom stereocenters. The van der Waals surface area contributed by atoms with Crippen LogP contribution in [0.25, 0.3) is 11.0 Å². The molecule has 2 N–H and O–H groups in total. The van der Waals surface area contributed by atoms with Gasteiger partial charge in [-0.3, -0.25) is 0 Å². The van der Waals surface area contributed by atoms with Crippen LogP contribution >= 0.6 is 0 Å². The lowest BCUT2D eigenvalue weighted by Crippen LogP contribution is -2.23. The molecule has 0 aliphatic heterocycles. The summed E-state index contributed by atoms with van der Waals surface area (Å²) in [6, 6.07) is 5.96. The average molecular weight is 273 g/mol. The van der Waals surface area contributed by atoms with E-state index in [1.165, 1.54) is 32.1 Å². The van der Waals surface area contributed by atoms with Crippen LogP contribution in [0, 0.1) is 12.8 Å². The Morgan fingerprint density at radius 1 is 1.25 bits per heavy atom. The zero-order chi connectivity index (χ0) is 14.1. The van der Waals surface area contributed by atoms with Gasteiger partial charge >= 0.3 is 0 Å². The van der Waals surface area contributed by atoms with E-state index in [4.69, 9.17) is 14.9 Å². The highest BCUT2D eigenvalue weighted by molar-refractivity contribution is 5.83. The van der Waals surface area contributed by atoms with Gasteiger partial charge in [-0.25, -0.2) is 0 Å². The number of ether oxygens (including phenoxy) is 1. The molecule has 0 bridgehead atoms. The van der Waals surface area contributed by atoms with Gasteiger partial charge in [-0.2, -0.15) is 0 Å². The first-order chi connectivity index (χ1) is 9.70. The minimum Gasteiger partial charge on any atom is -0.497 e. The summed E-state index contributed by atoms with van der Waals surface area (Å²) in [6.45, 7) is 2.10. The number of hydrogen-bond acceptors (Lipinski definition) is 3. The van der Waals surface area contributed by atoms with Gasteiger partial charge < -0.3 is 14.9 Å². The SMILES string of the molecule is COc1ccc2oc(C(N)C3CCCCC3)c(C)c2c1. The van der Waals surface area contributed by atoms with E-state index >= 15 is 0 Å². The maximum Gasteiger partial charge on any atom is 0.134 e. The molecule has 1 atom stereocenters. The molecular formula is C17H23NO2. The third-order valence-corrected chi connectivity index (χ3v) is 4.64. The Balaban J connectivity index is 1.96. The van der Waals surface area contributed by atoms with E-state index < -0.39 is 0 Å². The summed E-state index contributed by atoms with van der Waals surface area (Å²) in [5.74, 6) is 2.38. The van der Waals surface area contributed by atoms with E-state index in [0.29, 0.717) is 5.92 Å². The first-order valence-corrected chi connectivity index (χ1v) is 7.53. The lowest BCUT2D eigenvalue weighted by atomic mass is 9.82. The second-order valence-electron chi connectivity index (χ2n) is 5.88. The topological polar surface area (TPSA) is 48.4 Å². The molecule has 20 heavy (non-hydrogen) atoms. The van der Waals surface area contributed by atoms with E-state index in [-0.39, 0.29) is 6.04 Å². The largest absolute Gasteiger partial charge is 0.497 e. The van der Waals surface area contributed by atoms with Crippen LogP contribution in [-0.2, 0) is 0 Å². The van der Waals surface area contributed by atoms with E-state index in [0.717, 1.165) is 28.0 Å². The second-order valence-corrected chi connectivity index (χ2v) is 5.88. The molecule has 1 aromatic carbocycles. The van der Waals surface area contributed by atoms with E-state index in [9.17, 15) is 0 Å². The van der Waals surface area contributed by atoms with Crippen molar-refractivity contribution in [2.24, 2.45) is 11.7 Å². The highest BCUT2D eigenvalue weighted by Crippen LogP contribution is 2.38. The number of fused-ring (bicyclic) bond motifs is 1. The van der Waals surface area contributed by atoms with Crippen LogP contribution in [0.15, 0.2) is 22.6 Å². The molecule has 1 saturated carbocycles. The van der Waals surface area contributed by atoms with Crippen molar-refractivity contribution in [1.82, 2.24) is 0 Å². The van der Waals surface area contributed by atoms with Crippen molar-refractivity contribution < 1.29 is 9.15 Å². The zero-order valence-corrected chi connectivity index (χ0v) is 12.3. The molecule has 1 aromatic heterocycles. The van der Waals surface area contributed by atoms with Crippen LogP contribution in [-0.4, -0.2) is 7.11 Å². The summed E-state index contributed by atoms with van der Waals surface area (Å²) < 4.78 is 11.3. The standard InChI is InChI=1S/C17H23NO2/c1-11-14-10-13(19-2)8-9-15(14)20-17(11)16(18)12-6-4-3-5-7-12/h8-10,12,16H,3-7,18H2,1-2H3. The molecule has 1 aliphatic carbocycles. The number of rotatable bonds is 3. The Labute approximate surface area is 120 Å². The maximum absolute atomic E-state index is 6.48. The fourth-order valence-electron chi connectivity index (χ4n) is 3.37. The molecular weight excluding hydrogens is 250 g/mol. The molecule has 1 aliphatic rings. The lowest BCUT2D eigenvalue weighted by Gasteiger charge is -2.26. The van der Waals surface area contributed by atoms with Crippen molar-refractivity contribution in [2.75, 3.05) is 7.11 Å². The Bertz CT molecular complexity index is 596. The molecule has 0 spiro atoms. The number of aryl methyl sites for hydroxylation is 1. The molecule has 3 nitrogen and oxygen atoms in total. The van der Waals surface area contributed by atoms with Gasteiger partial charge in [0.15, 0.2) is 0 Å². The lowest BCUT2D eigenvalue weighted by molar-refractivity contribution is 0.283. The molecule has 1 fully saturated rings. The fourth-order valence-corrected chi connectivity index (χ4v) is 3.37. The molecule has 0 saturated heterocycles. The first-order valence-electron chi connectivity index (χ1n) is 7.53. The summed E-state index contributed by atoms with van der Waals surface area (Å²) in [5.41, 5.74) is 8.55. The van der Waals surface area contributed by atoms with Crippen LogP contribution in [0.1, 0.15) is 49.5 Å². The third-order valence-electron chi connectivity index (χ3n) is 4.64. The van der Waals surface area contributed by atoms with Crippen molar-refractivity contribution in [3.8, 4) is 5.75 Å². The first kappa shape index (κ1) is 13.5. The number of nitrogens with two attached hydrogens (primary N) is 1. The number of methoxy groups -OCH3 is 1. The van der Waals surface area contributed by atoms with Gasteiger partial charge in [-0.15, -0.1) is 0 Å². The normalized spacial score (nSPS) is 18.4. The second kappa shape index (κ2) is 5.49. The molecule has 108 valence electrons. The highest BCUT2D eigenvalue weighted by Gasteiger charge is 2.26. The van der Waals surface area contributed by atoms with E-state index in [1.807, 2.05) is 18.2 Å². The van der Waals surface area contributed by atoms with E-state index in [1.54, 1.807) is 7.11 Å². The van der Waals surface area contributed by atoms with Crippen molar-refractivity contribution >= 4 is 11.0 Å². The van der Waals surface area contributed by atoms with Crippen molar-refractivity contribution in [3.63, 3.8) is 0 Å². The van der Waals surface area contributed by atoms with Crippen molar-refractivity contribution in [3.05, 3.63) is 29.5 Å². The third kappa shape index (κ3) is 2.31. The minimum atomic E-state index is 0.0219. The van der Waals surface area contributed by atoms with Gasteiger partial charge in [0.25, 0.3) is 0 Å². The van der Waals surface area contributed by atoms with Gasteiger partial charge in [0, 0.05) is 10.9 Å². The Morgan fingerprint density at radius 3 is 2.70 bits per heavy atom. The van der Waals surface area contributed by atoms with Crippen LogP contribution in [0.4, 0.5) is 0 Å². The number of furan rings is 1. The number of hydrogen-bond donors (Lipinski definition) is 1. The quantitative estimate of drug-likeness (QED) is 0.905. The molecule has 2 aromatic rings. The van der Waals surface area contributed by atoms with Gasteiger partial charge in [0.05, 0.1) is 13.2 Å². The molecule has 3 heteroatoms. The predicted molar refractivity (Wildman–Crippen MR) is 81.0 cm³/mol. The molecule has 0 amide bonds. The van der Waals surface area contributed by atoms with Crippen LogP contribution in [0.3, 0.4) is 0 Å².